The molecule has 1 aliphatic carbocycles. The van der Waals surface area contributed by atoms with Gasteiger partial charge in [-0.3, -0.25) is 0 Å². The first-order valence-electron chi connectivity index (χ1n) is 6.25. The molecule has 3 heteroatoms. The van der Waals surface area contributed by atoms with Gasteiger partial charge < -0.3 is 5.32 Å². The molecule has 17 heavy (non-hydrogen) atoms. The molecule has 0 saturated carbocycles. The van der Waals surface area contributed by atoms with E-state index in [9.17, 15) is 0 Å². The van der Waals surface area contributed by atoms with Crippen LogP contribution in [0.5, 0.6) is 0 Å². The summed E-state index contributed by atoms with van der Waals surface area (Å²) >= 11 is 5.39. The van der Waals surface area contributed by atoms with E-state index in [0.29, 0.717) is 0 Å². The Balaban J connectivity index is 1.76. The van der Waals surface area contributed by atoms with E-state index >= 15 is 0 Å². The third kappa shape index (κ3) is 3.94. The Morgan fingerprint density at radius 2 is 2.35 bits per heavy atom. The highest BCUT2D eigenvalue weighted by atomic mass is 79.9. The summed E-state index contributed by atoms with van der Waals surface area (Å²) in [5.41, 5.74) is 1.56. The Labute approximate surface area is 116 Å². The van der Waals surface area contributed by atoms with Crippen molar-refractivity contribution < 1.29 is 0 Å². The quantitative estimate of drug-likeness (QED) is 0.801. The Morgan fingerprint density at radius 3 is 3.00 bits per heavy atom. The molecule has 1 nitrogen and oxygen atoms in total. The van der Waals surface area contributed by atoms with Crippen molar-refractivity contribution in [2.75, 3.05) is 6.54 Å². The first kappa shape index (κ1) is 13.3. The highest BCUT2D eigenvalue weighted by Gasteiger charge is 2.17. The van der Waals surface area contributed by atoms with Gasteiger partial charge in [-0.25, -0.2) is 0 Å². The van der Waals surface area contributed by atoms with Crippen LogP contribution in [0.2, 0.25) is 0 Å². The monoisotopic (exact) mass is 313 g/mol. The van der Waals surface area contributed by atoms with E-state index in [0.717, 1.165) is 24.9 Å². The van der Waals surface area contributed by atoms with Crippen LogP contribution in [0.15, 0.2) is 27.6 Å². The Hall–Kier alpha value is -0.120. The molecule has 2 unspecified atom stereocenters. The topological polar surface area (TPSA) is 12.0 Å². The zero-order chi connectivity index (χ0) is 12.3. The first-order valence-corrected chi connectivity index (χ1v) is 7.92. The smallest absolute Gasteiger partial charge is 0.0327 e. The van der Waals surface area contributed by atoms with Gasteiger partial charge in [0.05, 0.1) is 0 Å². The van der Waals surface area contributed by atoms with E-state index in [1.807, 2.05) is 11.3 Å². The molecule has 0 aromatic carbocycles. The van der Waals surface area contributed by atoms with Crippen LogP contribution in [0.1, 0.15) is 31.6 Å². The number of halogens is 1. The largest absolute Gasteiger partial charge is 0.312 e. The van der Waals surface area contributed by atoms with Crippen LogP contribution in [0.4, 0.5) is 0 Å². The molecule has 1 aromatic rings. The summed E-state index contributed by atoms with van der Waals surface area (Å²) in [6.45, 7) is 6.72. The minimum absolute atomic E-state index is 0.754. The summed E-state index contributed by atoms with van der Waals surface area (Å²) in [5, 5.41) is 5.73. The molecule has 0 bridgehead atoms. The van der Waals surface area contributed by atoms with Gasteiger partial charge in [-0.15, -0.1) is 11.3 Å². The second-order valence-electron chi connectivity index (χ2n) is 5.12. The van der Waals surface area contributed by atoms with Crippen LogP contribution in [0, 0.1) is 11.8 Å². The molecule has 1 heterocycles. The lowest BCUT2D eigenvalue weighted by Gasteiger charge is -2.25. The van der Waals surface area contributed by atoms with Crippen molar-refractivity contribution in [3.05, 3.63) is 32.4 Å². The minimum Gasteiger partial charge on any atom is -0.312 e. The Kier molecular flexibility index (Phi) is 4.83. The SMILES string of the molecule is CC1=CC(C)CC(CNCc2sccc2Br)C1. The second-order valence-corrected chi connectivity index (χ2v) is 6.97. The van der Waals surface area contributed by atoms with E-state index in [1.54, 1.807) is 5.57 Å². The normalized spacial score (nSPS) is 24.8. The average Bonchev–Trinajstić information content (AvgIpc) is 2.63. The Morgan fingerprint density at radius 1 is 1.53 bits per heavy atom. The van der Waals surface area contributed by atoms with Crippen LogP contribution >= 0.6 is 27.3 Å². The van der Waals surface area contributed by atoms with E-state index in [1.165, 1.54) is 22.2 Å². The lowest BCUT2D eigenvalue weighted by molar-refractivity contribution is 0.381. The molecule has 1 aromatic heterocycles. The standard InChI is InChI=1S/C14H20BrNS/c1-10-5-11(2)7-12(6-10)8-16-9-14-13(15)3-4-17-14/h3-5,10,12,16H,6-9H2,1-2H3. The molecular formula is C14H20BrNS. The maximum absolute atomic E-state index is 3.59. The molecule has 0 radical (unpaired) electrons. The number of nitrogens with one attached hydrogen (secondary N) is 1. The lowest BCUT2D eigenvalue weighted by Crippen LogP contribution is -2.25. The van der Waals surface area contributed by atoms with Crippen molar-refractivity contribution in [3.8, 4) is 0 Å². The van der Waals surface area contributed by atoms with Gasteiger partial charge in [-0.2, -0.15) is 0 Å². The molecule has 2 rings (SSSR count). The third-order valence-corrected chi connectivity index (χ3v) is 5.22. The van der Waals surface area contributed by atoms with Crippen molar-refractivity contribution in [1.29, 1.82) is 0 Å². The molecule has 1 N–H and O–H groups in total. The van der Waals surface area contributed by atoms with Crippen LogP contribution < -0.4 is 5.32 Å². The van der Waals surface area contributed by atoms with Gasteiger partial charge in [-0.1, -0.05) is 18.6 Å². The maximum Gasteiger partial charge on any atom is 0.0327 e. The zero-order valence-electron chi connectivity index (χ0n) is 10.5. The Bertz CT molecular complexity index is 397. The summed E-state index contributed by atoms with van der Waals surface area (Å²) in [4.78, 5) is 1.40. The van der Waals surface area contributed by atoms with Crippen LogP contribution in [-0.4, -0.2) is 6.54 Å². The molecule has 94 valence electrons. The number of rotatable bonds is 4. The van der Waals surface area contributed by atoms with Gasteiger partial charge in [0.15, 0.2) is 0 Å². The van der Waals surface area contributed by atoms with Gasteiger partial charge in [0.1, 0.15) is 0 Å². The molecule has 0 fully saturated rings. The van der Waals surface area contributed by atoms with Crippen molar-refractivity contribution in [2.45, 2.75) is 33.2 Å². The summed E-state index contributed by atoms with van der Waals surface area (Å²) in [6.07, 6.45) is 5.02. The molecule has 1 aliphatic rings. The van der Waals surface area contributed by atoms with Crippen molar-refractivity contribution in [2.24, 2.45) is 11.8 Å². The third-order valence-electron chi connectivity index (χ3n) is 3.29. The number of allylic oxidation sites excluding steroid dienone is 2. The number of hydrogen-bond donors (Lipinski definition) is 1. The summed E-state index contributed by atoms with van der Waals surface area (Å²) < 4.78 is 1.24. The van der Waals surface area contributed by atoms with Gasteiger partial charge in [-0.05, 0) is 65.5 Å². The molecule has 0 saturated heterocycles. The minimum atomic E-state index is 0.754. The molecule has 0 amide bonds. The van der Waals surface area contributed by atoms with Crippen molar-refractivity contribution in [1.82, 2.24) is 5.32 Å². The maximum atomic E-state index is 3.59. The highest BCUT2D eigenvalue weighted by molar-refractivity contribution is 9.10. The van der Waals surface area contributed by atoms with E-state index in [-0.39, 0.29) is 0 Å². The lowest BCUT2D eigenvalue weighted by atomic mass is 9.84. The highest BCUT2D eigenvalue weighted by Crippen LogP contribution is 2.27. The van der Waals surface area contributed by atoms with Crippen LogP contribution in [-0.2, 0) is 6.54 Å². The fourth-order valence-corrected chi connectivity index (χ4v) is 4.14. The predicted octanol–water partition coefficient (Wildman–Crippen LogP) is 4.59. The average molecular weight is 314 g/mol. The molecule has 0 spiro atoms. The van der Waals surface area contributed by atoms with E-state index in [2.05, 4.69) is 52.6 Å². The molecule has 2 atom stereocenters. The summed E-state index contributed by atoms with van der Waals surface area (Å²) in [5.74, 6) is 1.57. The van der Waals surface area contributed by atoms with E-state index in [4.69, 9.17) is 0 Å². The summed E-state index contributed by atoms with van der Waals surface area (Å²) in [7, 11) is 0. The molecule has 0 aliphatic heterocycles. The fourth-order valence-electron chi connectivity index (χ4n) is 2.68. The second kappa shape index (κ2) is 6.17. The van der Waals surface area contributed by atoms with Gasteiger partial charge in [0.2, 0.25) is 0 Å². The number of hydrogen-bond acceptors (Lipinski definition) is 2. The van der Waals surface area contributed by atoms with E-state index < -0.39 is 0 Å². The fraction of sp³-hybridized carbons (Fsp3) is 0.571. The van der Waals surface area contributed by atoms with Crippen molar-refractivity contribution >= 4 is 27.3 Å². The summed E-state index contributed by atoms with van der Waals surface area (Å²) in [6, 6.07) is 2.12. The van der Waals surface area contributed by atoms with Crippen LogP contribution in [0.25, 0.3) is 0 Å². The zero-order valence-corrected chi connectivity index (χ0v) is 12.9. The first-order chi connectivity index (χ1) is 8.15. The molecular weight excluding hydrogens is 294 g/mol. The van der Waals surface area contributed by atoms with Gasteiger partial charge in [0, 0.05) is 15.9 Å². The van der Waals surface area contributed by atoms with Crippen molar-refractivity contribution in [3.63, 3.8) is 0 Å². The van der Waals surface area contributed by atoms with Crippen LogP contribution in [0.3, 0.4) is 0 Å². The number of thiophene rings is 1. The van der Waals surface area contributed by atoms with Gasteiger partial charge >= 0.3 is 0 Å². The van der Waals surface area contributed by atoms with Gasteiger partial charge in [0.25, 0.3) is 0 Å². The predicted molar refractivity (Wildman–Crippen MR) is 79.4 cm³/mol.